The van der Waals surface area contributed by atoms with E-state index in [1.807, 2.05) is 49.1 Å². The monoisotopic (exact) mass is 408 g/mol. The smallest absolute Gasteiger partial charge is 0.170 e. The topological polar surface area (TPSA) is 55.3 Å². The van der Waals surface area contributed by atoms with E-state index < -0.39 is 0 Å². The molecule has 0 aliphatic carbocycles. The third kappa shape index (κ3) is 6.03. The van der Waals surface area contributed by atoms with Gasteiger partial charge < -0.3 is 34.0 Å². The molecule has 0 saturated carbocycles. The fourth-order valence-corrected chi connectivity index (χ4v) is 1.80. The van der Waals surface area contributed by atoms with Gasteiger partial charge in [-0.3, -0.25) is 0 Å². The third-order valence-corrected chi connectivity index (χ3v) is 2.87. The van der Waals surface area contributed by atoms with Gasteiger partial charge in [0, 0.05) is 24.3 Å². The second-order valence-corrected chi connectivity index (χ2v) is 4.23. The number of rotatable bonds is 4. The van der Waals surface area contributed by atoms with Crippen LogP contribution < -0.4 is 43.1 Å². The van der Waals surface area contributed by atoms with Gasteiger partial charge >= 0.3 is 0 Å². The maximum Gasteiger partial charge on any atom is 0.170 e. The van der Waals surface area contributed by atoms with Gasteiger partial charge in [0.15, 0.2) is 37.9 Å². The number of nitriles is 2. The summed E-state index contributed by atoms with van der Waals surface area (Å²) in [6, 6.07) is 11.5. The molecule has 0 unspecified atom stereocenters. The summed E-state index contributed by atoms with van der Waals surface area (Å²) in [5.41, 5.74) is 1.36. The molecule has 108 valence electrons. The summed E-state index contributed by atoms with van der Waals surface area (Å²) in [5, 5.41) is 17.4. The van der Waals surface area contributed by atoms with Crippen molar-refractivity contribution in [2.75, 3.05) is 0 Å². The lowest BCUT2D eigenvalue weighted by molar-refractivity contribution is -0.726. The molecule has 0 aliphatic rings. The van der Waals surface area contributed by atoms with Crippen molar-refractivity contribution in [2.24, 2.45) is 0 Å². The van der Waals surface area contributed by atoms with Crippen LogP contribution in [0.15, 0.2) is 49.1 Å². The highest BCUT2D eigenvalue weighted by molar-refractivity contribution is 5.24. The van der Waals surface area contributed by atoms with Crippen LogP contribution in [0.1, 0.15) is 17.5 Å². The number of hydrogen-bond donors (Lipinski definition) is 0. The average Bonchev–Trinajstić information content (AvgIpc) is 2.49. The Morgan fingerprint density at radius 2 is 1.05 bits per heavy atom. The van der Waals surface area contributed by atoms with Crippen molar-refractivity contribution in [3.63, 3.8) is 0 Å². The maximum absolute atomic E-state index is 8.71. The third-order valence-electron chi connectivity index (χ3n) is 2.87. The Kier molecular flexibility index (Phi) is 9.20. The van der Waals surface area contributed by atoms with E-state index in [1.54, 1.807) is 0 Å². The van der Waals surface area contributed by atoms with Gasteiger partial charge in [-0.1, -0.05) is 0 Å². The molecule has 0 saturated heterocycles. The van der Waals surface area contributed by atoms with Gasteiger partial charge in [-0.05, 0) is 0 Å². The normalized spacial score (nSPS) is 8.67. The Balaban J connectivity index is 0.00000200. The first-order valence-corrected chi connectivity index (χ1v) is 6.10. The molecule has 2 rings (SSSR count). The predicted molar refractivity (Wildman–Crippen MR) is 67.3 cm³/mol. The van der Waals surface area contributed by atoms with E-state index in [-0.39, 0.29) is 34.0 Å². The van der Waals surface area contributed by atoms with E-state index in [0.29, 0.717) is 11.1 Å². The number of nitrogens with zero attached hydrogens (tertiary/aromatic N) is 4. The summed E-state index contributed by atoms with van der Waals surface area (Å²) >= 11 is 0. The van der Waals surface area contributed by atoms with Crippen LogP contribution >= 0.6 is 0 Å². The minimum Gasteiger partial charge on any atom is -1.00 e. The van der Waals surface area contributed by atoms with Crippen LogP contribution in [-0.4, -0.2) is 0 Å². The molecule has 2 heterocycles. The van der Waals surface area contributed by atoms with E-state index in [4.69, 9.17) is 10.5 Å². The Bertz CT molecular complexity index is 567. The molecule has 0 amide bonds. The molecular weight excluding hydrogens is 396 g/mol. The molecule has 0 bridgehead atoms. The Morgan fingerprint density at radius 3 is 1.33 bits per heavy atom. The minimum absolute atomic E-state index is 0. The second kappa shape index (κ2) is 10.0. The zero-order valence-corrected chi connectivity index (χ0v) is 14.5. The highest BCUT2D eigenvalue weighted by Crippen LogP contribution is 1.93. The fraction of sp³-hybridized carbons (Fsp3) is 0.200. The largest absolute Gasteiger partial charge is 1.00 e. The summed E-state index contributed by atoms with van der Waals surface area (Å²) < 4.78 is 4.12. The van der Waals surface area contributed by atoms with Crippen molar-refractivity contribution in [3.05, 3.63) is 60.2 Å². The molecule has 0 spiro atoms. The number of pyridine rings is 2. The van der Waals surface area contributed by atoms with Gasteiger partial charge in [-0.15, -0.1) is 0 Å². The van der Waals surface area contributed by atoms with E-state index in [0.717, 1.165) is 19.5 Å². The van der Waals surface area contributed by atoms with Gasteiger partial charge in [0.25, 0.3) is 0 Å². The molecule has 4 nitrogen and oxygen atoms in total. The Morgan fingerprint density at radius 1 is 0.714 bits per heavy atom. The molecule has 0 N–H and O–H groups in total. The van der Waals surface area contributed by atoms with Crippen LogP contribution in [0.3, 0.4) is 0 Å². The zero-order valence-electron chi connectivity index (χ0n) is 11.3. The molecule has 2 aromatic rings. The maximum atomic E-state index is 8.71. The Labute approximate surface area is 145 Å². The number of aromatic nitrogens is 2. The molecule has 0 fully saturated rings. The molecule has 6 heteroatoms. The summed E-state index contributed by atoms with van der Waals surface area (Å²) in [5.74, 6) is 0. The predicted octanol–water partition coefficient (Wildman–Crippen LogP) is -4.90. The average molecular weight is 410 g/mol. The van der Waals surface area contributed by atoms with Crippen LogP contribution in [0.5, 0.6) is 0 Å². The summed E-state index contributed by atoms with van der Waals surface area (Å²) in [6.07, 6.45) is 8.67. The summed E-state index contributed by atoms with van der Waals surface area (Å²) in [6.45, 7) is 1.80. The molecule has 21 heavy (non-hydrogen) atoms. The first-order chi connectivity index (χ1) is 9.31. The van der Waals surface area contributed by atoms with E-state index in [9.17, 15) is 0 Å². The minimum atomic E-state index is 0. The van der Waals surface area contributed by atoms with Crippen LogP contribution in [0.4, 0.5) is 0 Å². The quantitative estimate of drug-likeness (QED) is 0.475. The Hall–Kier alpha value is -1.76. The lowest BCUT2D eigenvalue weighted by Gasteiger charge is -1.96. The van der Waals surface area contributed by atoms with Gasteiger partial charge in [0.2, 0.25) is 0 Å². The van der Waals surface area contributed by atoms with E-state index in [1.165, 1.54) is 0 Å². The van der Waals surface area contributed by atoms with Crippen molar-refractivity contribution in [1.82, 2.24) is 0 Å². The van der Waals surface area contributed by atoms with E-state index in [2.05, 4.69) is 21.3 Å². The zero-order chi connectivity index (χ0) is 13.5. The van der Waals surface area contributed by atoms with Crippen molar-refractivity contribution in [2.45, 2.75) is 19.5 Å². The number of hydrogen-bond acceptors (Lipinski definition) is 2. The lowest BCUT2D eigenvalue weighted by Crippen LogP contribution is -3.00. The fourth-order valence-electron chi connectivity index (χ4n) is 1.80. The van der Waals surface area contributed by atoms with Crippen molar-refractivity contribution < 1.29 is 43.1 Å². The van der Waals surface area contributed by atoms with Crippen molar-refractivity contribution in [3.8, 4) is 12.1 Å². The summed E-state index contributed by atoms with van der Waals surface area (Å²) in [7, 11) is 0. The van der Waals surface area contributed by atoms with Gasteiger partial charge in [0.1, 0.15) is 0 Å². The summed E-state index contributed by atoms with van der Waals surface area (Å²) in [4.78, 5) is 0. The standard InChI is InChI=1S/C15H14N4.2BrH/c16-12-14-2-8-18(9-3-14)6-1-7-19-10-4-15(13-17)5-11-19;;/h2-5,8-11H,1,6-7H2;2*1H/q+2;;/p-2. The highest BCUT2D eigenvalue weighted by atomic mass is 79.9. The molecule has 0 aliphatic heterocycles. The number of aryl methyl sites for hydroxylation is 2. The van der Waals surface area contributed by atoms with Gasteiger partial charge in [-0.25, -0.2) is 9.13 Å². The lowest BCUT2D eigenvalue weighted by atomic mass is 10.3. The highest BCUT2D eigenvalue weighted by Gasteiger charge is 2.04. The first-order valence-electron chi connectivity index (χ1n) is 6.10. The molecule has 2 aromatic heterocycles. The van der Waals surface area contributed by atoms with E-state index >= 15 is 0 Å². The van der Waals surface area contributed by atoms with Crippen molar-refractivity contribution in [1.29, 1.82) is 10.5 Å². The molecule has 0 radical (unpaired) electrons. The van der Waals surface area contributed by atoms with Gasteiger partial charge in [0.05, 0.1) is 29.7 Å². The number of halogens is 2. The van der Waals surface area contributed by atoms with Crippen LogP contribution in [0, 0.1) is 22.7 Å². The SMILES string of the molecule is N#Cc1cc[n+](CCC[n+]2ccc(C#N)cc2)cc1.[Br-].[Br-]. The molecular formula is C15H14Br2N4. The molecule has 0 atom stereocenters. The van der Waals surface area contributed by atoms with Crippen LogP contribution in [0.2, 0.25) is 0 Å². The molecule has 0 aromatic carbocycles. The second-order valence-electron chi connectivity index (χ2n) is 4.23. The van der Waals surface area contributed by atoms with Gasteiger partial charge in [-0.2, -0.15) is 10.5 Å². The van der Waals surface area contributed by atoms with Crippen molar-refractivity contribution >= 4 is 0 Å². The first kappa shape index (κ1) is 19.2. The van der Waals surface area contributed by atoms with Crippen LogP contribution in [-0.2, 0) is 13.1 Å². The van der Waals surface area contributed by atoms with Crippen LogP contribution in [0.25, 0.3) is 0 Å².